The van der Waals surface area contributed by atoms with Crippen molar-refractivity contribution in [3.63, 3.8) is 0 Å². The van der Waals surface area contributed by atoms with E-state index in [1.165, 1.54) is 12.1 Å². The standard InChI is InChI=1S/C18H20FN3O3.HI/c19-13-2-5-15(6-3-13)23-11-8-21-18(20)22-14-4-7-16-17(12-14)25-10-1-9-24-16;/h2-7,12H,1,8-11H2,(H3,20,21,22);1H. The molecule has 0 aromatic heterocycles. The van der Waals surface area contributed by atoms with Crippen molar-refractivity contribution in [3.8, 4) is 17.2 Å². The largest absolute Gasteiger partial charge is 0.492 e. The van der Waals surface area contributed by atoms with Gasteiger partial charge in [0.15, 0.2) is 17.5 Å². The molecule has 0 bridgehead atoms. The summed E-state index contributed by atoms with van der Waals surface area (Å²) in [6, 6.07) is 11.4. The minimum absolute atomic E-state index is 0. The predicted molar refractivity (Wildman–Crippen MR) is 109 cm³/mol. The monoisotopic (exact) mass is 473 g/mol. The van der Waals surface area contributed by atoms with Crippen LogP contribution in [0.5, 0.6) is 17.2 Å². The van der Waals surface area contributed by atoms with Gasteiger partial charge in [-0.1, -0.05) is 0 Å². The molecule has 0 atom stereocenters. The topological polar surface area (TPSA) is 78.1 Å². The van der Waals surface area contributed by atoms with E-state index < -0.39 is 0 Å². The van der Waals surface area contributed by atoms with Crippen LogP contribution in [0.1, 0.15) is 6.42 Å². The van der Waals surface area contributed by atoms with Gasteiger partial charge in [-0.25, -0.2) is 9.38 Å². The average Bonchev–Trinajstić information content (AvgIpc) is 2.85. The van der Waals surface area contributed by atoms with Crippen molar-refractivity contribution in [2.45, 2.75) is 6.42 Å². The molecule has 0 amide bonds. The SMILES string of the molecule is I.NC(=NCCOc1ccc(F)cc1)Nc1ccc2c(c1)OCCCO2. The molecule has 26 heavy (non-hydrogen) atoms. The fraction of sp³-hybridized carbons (Fsp3) is 0.278. The van der Waals surface area contributed by atoms with Crippen molar-refractivity contribution in [2.24, 2.45) is 10.7 Å². The van der Waals surface area contributed by atoms with Crippen molar-refractivity contribution < 1.29 is 18.6 Å². The van der Waals surface area contributed by atoms with Crippen LogP contribution in [-0.2, 0) is 0 Å². The summed E-state index contributed by atoms with van der Waals surface area (Å²) in [5, 5.41) is 3.01. The Kier molecular flexibility index (Phi) is 7.76. The van der Waals surface area contributed by atoms with Crippen LogP contribution in [0.4, 0.5) is 10.1 Å². The van der Waals surface area contributed by atoms with Gasteiger partial charge in [0.2, 0.25) is 0 Å². The Morgan fingerprint density at radius 2 is 1.85 bits per heavy atom. The Bertz CT molecular complexity index is 741. The fourth-order valence-electron chi connectivity index (χ4n) is 2.29. The van der Waals surface area contributed by atoms with Gasteiger partial charge in [0.1, 0.15) is 18.2 Å². The molecule has 8 heteroatoms. The molecule has 140 valence electrons. The number of nitrogens with one attached hydrogen (secondary N) is 1. The van der Waals surface area contributed by atoms with Crippen LogP contribution < -0.4 is 25.3 Å². The van der Waals surface area contributed by atoms with E-state index >= 15 is 0 Å². The average molecular weight is 473 g/mol. The Morgan fingerprint density at radius 3 is 2.62 bits per heavy atom. The molecule has 2 aromatic rings. The zero-order valence-electron chi connectivity index (χ0n) is 14.1. The predicted octanol–water partition coefficient (Wildman–Crippen LogP) is 3.41. The summed E-state index contributed by atoms with van der Waals surface area (Å²) < 4.78 is 29.5. The molecule has 0 aliphatic carbocycles. The van der Waals surface area contributed by atoms with E-state index in [2.05, 4.69) is 10.3 Å². The molecule has 2 aromatic carbocycles. The number of hydrogen-bond acceptors (Lipinski definition) is 4. The van der Waals surface area contributed by atoms with Crippen molar-refractivity contribution in [3.05, 3.63) is 48.3 Å². The summed E-state index contributed by atoms with van der Waals surface area (Å²) in [6.07, 6.45) is 0.856. The van der Waals surface area contributed by atoms with E-state index in [1.807, 2.05) is 18.2 Å². The van der Waals surface area contributed by atoms with Gasteiger partial charge in [-0.15, -0.1) is 24.0 Å². The van der Waals surface area contributed by atoms with Crippen LogP contribution in [0.25, 0.3) is 0 Å². The lowest BCUT2D eigenvalue weighted by molar-refractivity contribution is 0.297. The van der Waals surface area contributed by atoms with E-state index in [0.717, 1.165) is 17.9 Å². The highest BCUT2D eigenvalue weighted by Crippen LogP contribution is 2.32. The van der Waals surface area contributed by atoms with Crippen LogP contribution >= 0.6 is 24.0 Å². The Morgan fingerprint density at radius 1 is 1.12 bits per heavy atom. The highest BCUT2D eigenvalue weighted by molar-refractivity contribution is 14.0. The number of halogens is 2. The number of hydrogen-bond donors (Lipinski definition) is 2. The first-order valence-electron chi connectivity index (χ1n) is 8.06. The number of nitrogens with zero attached hydrogens (tertiary/aromatic N) is 1. The van der Waals surface area contributed by atoms with Gasteiger partial charge in [0, 0.05) is 18.2 Å². The maximum absolute atomic E-state index is 12.8. The summed E-state index contributed by atoms with van der Waals surface area (Å²) in [5.41, 5.74) is 6.64. The van der Waals surface area contributed by atoms with E-state index in [4.69, 9.17) is 19.9 Å². The second kappa shape index (κ2) is 10.0. The third-order valence-corrected chi connectivity index (χ3v) is 3.48. The van der Waals surface area contributed by atoms with Crippen LogP contribution in [0.15, 0.2) is 47.5 Å². The van der Waals surface area contributed by atoms with Gasteiger partial charge in [0.25, 0.3) is 0 Å². The summed E-state index contributed by atoms with van der Waals surface area (Å²) >= 11 is 0. The summed E-state index contributed by atoms with van der Waals surface area (Å²) in [7, 11) is 0. The van der Waals surface area contributed by atoms with Gasteiger partial charge in [-0.05, 0) is 36.4 Å². The van der Waals surface area contributed by atoms with Crippen molar-refractivity contribution >= 4 is 35.6 Å². The molecule has 0 spiro atoms. The molecule has 1 heterocycles. The molecule has 3 rings (SSSR count). The number of nitrogens with two attached hydrogens (primary N) is 1. The Balaban J connectivity index is 0.00000243. The normalized spacial score (nSPS) is 13.3. The van der Waals surface area contributed by atoms with Crippen molar-refractivity contribution in [1.29, 1.82) is 0 Å². The number of guanidine groups is 1. The molecule has 0 saturated heterocycles. The maximum Gasteiger partial charge on any atom is 0.193 e. The number of ether oxygens (including phenoxy) is 3. The van der Waals surface area contributed by atoms with E-state index in [-0.39, 0.29) is 35.8 Å². The Labute approximate surface area is 168 Å². The zero-order chi connectivity index (χ0) is 17.5. The number of fused-ring (bicyclic) bond motifs is 1. The smallest absolute Gasteiger partial charge is 0.193 e. The highest BCUT2D eigenvalue weighted by atomic mass is 127. The number of anilines is 1. The summed E-state index contributed by atoms with van der Waals surface area (Å²) in [5.74, 6) is 1.98. The first-order chi connectivity index (χ1) is 12.2. The van der Waals surface area contributed by atoms with Crippen LogP contribution in [0.2, 0.25) is 0 Å². The van der Waals surface area contributed by atoms with Gasteiger partial charge in [-0.3, -0.25) is 0 Å². The van der Waals surface area contributed by atoms with Gasteiger partial charge < -0.3 is 25.3 Å². The lowest BCUT2D eigenvalue weighted by Gasteiger charge is -2.11. The van der Waals surface area contributed by atoms with Gasteiger partial charge >= 0.3 is 0 Å². The second-order valence-electron chi connectivity index (χ2n) is 5.41. The first kappa shape index (κ1) is 20.1. The van der Waals surface area contributed by atoms with Gasteiger partial charge in [0.05, 0.1) is 19.8 Å². The second-order valence-corrected chi connectivity index (χ2v) is 5.41. The minimum Gasteiger partial charge on any atom is -0.492 e. The van der Waals surface area contributed by atoms with E-state index in [1.54, 1.807) is 12.1 Å². The molecule has 3 N–H and O–H groups in total. The lowest BCUT2D eigenvalue weighted by Crippen LogP contribution is -2.23. The molecular formula is C18H21FIN3O3. The lowest BCUT2D eigenvalue weighted by atomic mass is 10.3. The molecule has 0 fully saturated rings. The molecule has 0 unspecified atom stereocenters. The van der Waals surface area contributed by atoms with Gasteiger partial charge in [-0.2, -0.15) is 0 Å². The molecule has 1 aliphatic heterocycles. The number of aliphatic imine (C=N–C) groups is 1. The third-order valence-electron chi connectivity index (χ3n) is 3.48. The van der Waals surface area contributed by atoms with E-state index in [0.29, 0.717) is 37.9 Å². The third kappa shape index (κ3) is 5.94. The highest BCUT2D eigenvalue weighted by Gasteiger charge is 2.10. The molecule has 6 nitrogen and oxygen atoms in total. The molecule has 0 saturated carbocycles. The maximum atomic E-state index is 12.8. The number of benzene rings is 2. The summed E-state index contributed by atoms with van der Waals surface area (Å²) in [6.45, 7) is 1.99. The zero-order valence-corrected chi connectivity index (χ0v) is 16.4. The van der Waals surface area contributed by atoms with E-state index in [9.17, 15) is 4.39 Å². The molecule has 0 radical (unpaired) electrons. The molecular weight excluding hydrogens is 452 g/mol. The Hall–Kier alpha value is -2.23. The van der Waals surface area contributed by atoms with Crippen molar-refractivity contribution in [1.82, 2.24) is 0 Å². The first-order valence-corrected chi connectivity index (χ1v) is 8.06. The van der Waals surface area contributed by atoms with Crippen molar-refractivity contribution in [2.75, 3.05) is 31.7 Å². The summed E-state index contributed by atoms with van der Waals surface area (Å²) in [4.78, 5) is 4.19. The van der Waals surface area contributed by atoms with Crippen LogP contribution in [-0.4, -0.2) is 32.3 Å². The quantitative estimate of drug-likeness (QED) is 0.301. The van der Waals surface area contributed by atoms with Crippen LogP contribution in [0.3, 0.4) is 0 Å². The molecule has 1 aliphatic rings. The minimum atomic E-state index is -0.297. The van der Waals surface area contributed by atoms with Crippen LogP contribution in [0, 0.1) is 5.82 Å². The number of rotatable bonds is 5. The fourth-order valence-corrected chi connectivity index (χ4v) is 2.29.